The minimum Gasteiger partial charge on any atom is -0.449 e. The maximum absolute atomic E-state index is 12.6. The van der Waals surface area contributed by atoms with E-state index in [1.165, 1.54) is 6.42 Å². The van der Waals surface area contributed by atoms with Gasteiger partial charge < -0.3 is 10.1 Å². The summed E-state index contributed by atoms with van der Waals surface area (Å²) in [5, 5.41) is 2.85. The van der Waals surface area contributed by atoms with Gasteiger partial charge in [0.25, 0.3) is 0 Å². The van der Waals surface area contributed by atoms with Crippen molar-refractivity contribution in [2.45, 2.75) is 72.3 Å². The van der Waals surface area contributed by atoms with Gasteiger partial charge in [0.1, 0.15) is 0 Å². The van der Waals surface area contributed by atoms with Crippen LogP contribution < -0.4 is 5.32 Å². The first-order valence-electron chi connectivity index (χ1n) is 8.42. The van der Waals surface area contributed by atoms with Gasteiger partial charge in [0.2, 0.25) is 0 Å². The van der Waals surface area contributed by atoms with E-state index >= 15 is 0 Å². The average molecular weight is 297 g/mol. The van der Waals surface area contributed by atoms with E-state index in [0.717, 1.165) is 32.1 Å². The highest BCUT2D eigenvalue weighted by Crippen LogP contribution is 2.28. The van der Waals surface area contributed by atoms with Crippen molar-refractivity contribution in [1.82, 2.24) is 5.32 Å². The number of hydrogen-bond acceptors (Lipinski definition) is 3. The number of ketones is 1. The van der Waals surface area contributed by atoms with Crippen molar-refractivity contribution in [2.24, 2.45) is 17.8 Å². The van der Waals surface area contributed by atoms with Crippen LogP contribution in [0.2, 0.25) is 0 Å². The van der Waals surface area contributed by atoms with E-state index in [1.807, 2.05) is 27.7 Å². The monoisotopic (exact) mass is 297 g/mol. The minimum atomic E-state index is -0.448. The Morgan fingerprint density at radius 3 is 2.29 bits per heavy atom. The summed E-state index contributed by atoms with van der Waals surface area (Å²) < 4.78 is 5.19. The van der Waals surface area contributed by atoms with E-state index in [0.29, 0.717) is 12.5 Å². The number of nitrogens with one attached hydrogen (secondary N) is 1. The second-order valence-corrected chi connectivity index (χ2v) is 6.72. The van der Waals surface area contributed by atoms with Crippen molar-refractivity contribution < 1.29 is 14.3 Å². The standard InChI is InChI=1S/C17H31NO3/c1-5-13(4)16(19)15(14-9-7-6-8-10-14)18-17(20)21-11-12(2)3/h12-15H,5-11H2,1-4H3,(H,18,20)/t13?,15-/m0/s1. The van der Waals surface area contributed by atoms with E-state index < -0.39 is 6.09 Å². The van der Waals surface area contributed by atoms with Gasteiger partial charge in [0, 0.05) is 5.92 Å². The lowest BCUT2D eigenvalue weighted by atomic mass is 9.79. The van der Waals surface area contributed by atoms with Gasteiger partial charge in [0.05, 0.1) is 12.6 Å². The molecule has 0 aromatic heterocycles. The van der Waals surface area contributed by atoms with Crippen LogP contribution in [0.25, 0.3) is 0 Å². The maximum Gasteiger partial charge on any atom is 0.407 e. The van der Waals surface area contributed by atoms with Crippen LogP contribution in [0.4, 0.5) is 4.79 Å². The summed E-state index contributed by atoms with van der Waals surface area (Å²) in [5.74, 6) is 0.717. The third kappa shape index (κ3) is 6.06. The van der Waals surface area contributed by atoms with Crippen LogP contribution in [0.15, 0.2) is 0 Å². The SMILES string of the molecule is CCC(C)C(=O)[C@@H](NC(=O)OCC(C)C)C1CCCCC1. The van der Waals surface area contributed by atoms with Crippen molar-refractivity contribution in [1.29, 1.82) is 0 Å². The van der Waals surface area contributed by atoms with E-state index in [1.54, 1.807) is 0 Å². The fraction of sp³-hybridized carbons (Fsp3) is 0.882. The molecule has 122 valence electrons. The molecule has 0 aromatic carbocycles. The number of ether oxygens (including phenoxy) is 1. The highest BCUT2D eigenvalue weighted by atomic mass is 16.5. The van der Waals surface area contributed by atoms with Gasteiger partial charge in [-0.2, -0.15) is 0 Å². The number of amides is 1. The van der Waals surface area contributed by atoms with Gasteiger partial charge in [-0.25, -0.2) is 4.79 Å². The molecule has 4 heteroatoms. The Labute approximate surface area is 129 Å². The first kappa shape index (κ1) is 18.0. The largest absolute Gasteiger partial charge is 0.449 e. The maximum atomic E-state index is 12.6. The molecule has 1 aliphatic carbocycles. The Bertz CT molecular complexity index is 335. The van der Waals surface area contributed by atoms with Crippen LogP contribution in [-0.4, -0.2) is 24.5 Å². The van der Waals surface area contributed by atoms with Crippen LogP contribution in [-0.2, 0) is 9.53 Å². The zero-order chi connectivity index (χ0) is 15.8. The van der Waals surface area contributed by atoms with Crippen LogP contribution in [0.1, 0.15) is 66.2 Å². The summed E-state index contributed by atoms with van der Waals surface area (Å²) in [7, 11) is 0. The fourth-order valence-corrected chi connectivity index (χ4v) is 2.81. The lowest BCUT2D eigenvalue weighted by molar-refractivity contribution is -0.126. The Kier molecular flexibility index (Phi) is 7.76. The first-order chi connectivity index (χ1) is 9.95. The van der Waals surface area contributed by atoms with Crippen molar-refractivity contribution in [2.75, 3.05) is 6.61 Å². The topological polar surface area (TPSA) is 55.4 Å². The zero-order valence-electron chi connectivity index (χ0n) is 14.0. The molecule has 1 aliphatic rings. The second-order valence-electron chi connectivity index (χ2n) is 6.72. The van der Waals surface area contributed by atoms with Gasteiger partial charge in [-0.1, -0.05) is 47.0 Å². The lowest BCUT2D eigenvalue weighted by Crippen LogP contribution is -2.48. The first-order valence-corrected chi connectivity index (χ1v) is 8.42. The van der Waals surface area contributed by atoms with Crippen LogP contribution in [0.5, 0.6) is 0 Å². The molecular formula is C17H31NO3. The number of hydrogen-bond donors (Lipinski definition) is 1. The molecule has 1 amide bonds. The number of Topliss-reactive ketones (excluding diaryl/α,β-unsaturated/α-hetero) is 1. The molecule has 1 fully saturated rings. The van der Waals surface area contributed by atoms with E-state index in [4.69, 9.17) is 4.74 Å². The number of rotatable bonds is 7. The molecule has 0 spiro atoms. The van der Waals surface area contributed by atoms with E-state index in [-0.39, 0.29) is 23.7 Å². The third-order valence-electron chi connectivity index (χ3n) is 4.35. The molecule has 0 saturated heterocycles. The number of carbonyl (C=O) groups excluding carboxylic acids is 2. The predicted octanol–water partition coefficient (Wildman–Crippen LogP) is 3.93. The molecule has 4 nitrogen and oxygen atoms in total. The Balaban J connectivity index is 2.66. The molecule has 0 heterocycles. The summed E-state index contributed by atoms with van der Waals surface area (Å²) in [4.78, 5) is 24.5. The van der Waals surface area contributed by atoms with Crippen molar-refractivity contribution in [3.63, 3.8) is 0 Å². The third-order valence-corrected chi connectivity index (χ3v) is 4.35. The molecule has 2 atom stereocenters. The van der Waals surface area contributed by atoms with Crippen molar-refractivity contribution >= 4 is 11.9 Å². The number of alkyl carbamates (subject to hydrolysis) is 1. The quantitative estimate of drug-likeness (QED) is 0.774. The van der Waals surface area contributed by atoms with Gasteiger partial charge >= 0.3 is 6.09 Å². The van der Waals surface area contributed by atoms with Crippen LogP contribution >= 0.6 is 0 Å². The lowest BCUT2D eigenvalue weighted by Gasteiger charge is -2.31. The molecule has 1 unspecified atom stereocenters. The molecule has 1 rings (SSSR count). The Morgan fingerprint density at radius 1 is 1.14 bits per heavy atom. The summed E-state index contributed by atoms with van der Waals surface area (Å²) in [6.45, 7) is 8.34. The van der Waals surface area contributed by atoms with Crippen LogP contribution in [0.3, 0.4) is 0 Å². The molecule has 0 aliphatic heterocycles. The highest BCUT2D eigenvalue weighted by molar-refractivity contribution is 5.89. The highest BCUT2D eigenvalue weighted by Gasteiger charge is 2.33. The molecular weight excluding hydrogens is 266 g/mol. The van der Waals surface area contributed by atoms with Gasteiger partial charge in [-0.3, -0.25) is 4.79 Å². The van der Waals surface area contributed by atoms with E-state index in [9.17, 15) is 9.59 Å². The summed E-state index contributed by atoms with van der Waals surface area (Å²) in [6, 6.07) is -0.375. The molecule has 0 radical (unpaired) electrons. The normalized spacial score (nSPS) is 19.1. The molecule has 1 saturated carbocycles. The average Bonchev–Trinajstić information content (AvgIpc) is 2.49. The summed E-state index contributed by atoms with van der Waals surface area (Å²) in [5.41, 5.74) is 0. The molecule has 1 N–H and O–H groups in total. The molecule has 0 bridgehead atoms. The van der Waals surface area contributed by atoms with Crippen molar-refractivity contribution in [3.8, 4) is 0 Å². The summed E-state index contributed by atoms with van der Waals surface area (Å²) in [6.07, 6.45) is 5.95. The van der Waals surface area contributed by atoms with Crippen molar-refractivity contribution in [3.05, 3.63) is 0 Å². The fourth-order valence-electron chi connectivity index (χ4n) is 2.81. The molecule has 0 aromatic rings. The second kappa shape index (κ2) is 9.06. The van der Waals surface area contributed by atoms with Gasteiger partial charge in [-0.05, 0) is 31.1 Å². The summed E-state index contributed by atoms with van der Waals surface area (Å²) >= 11 is 0. The van der Waals surface area contributed by atoms with Crippen LogP contribution in [0, 0.1) is 17.8 Å². The smallest absolute Gasteiger partial charge is 0.407 e. The molecule has 21 heavy (non-hydrogen) atoms. The number of carbonyl (C=O) groups is 2. The minimum absolute atomic E-state index is 0.0117. The Morgan fingerprint density at radius 2 is 1.76 bits per heavy atom. The van der Waals surface area contributed by atoms with Gasteiger partial charge in [-0.15, -0.1) is 0 Å². The predicted molar refractivity (Wildman–Crippen MR) is 84.1 cm³/mol. The van der Waals surface area contributed by atoms with E-state index in [2.05, 4.69) is 5.32 Å². The Hall–Kier alpha value is -1.06. The van der Waals surface area contributed by atoms with Gasteiger partial charge in [0.15, 0.2) is 5.78 Å². The zero-order valence-corrected chi connectivity index (χ0v) is 14.0.